The number of phenols is 1. The lowest BCUT2D eigenvalue weighted by atomic mass is 9.84. The van der Waals surface area contributed by atoms with E-state index in [0.29, 0.717) is 11.5 Å². The molecule has 2 unspecified atom stereocenters. The number of para-hydroxylation sites is 1. The first-order valence-electron chi connectivity index (χ1n) is 6.82. The second kappa shape index (κ2) is 5.00. The molecule has 2 atom stereocenters. The monoisotopic (exact) mass is 267 g/mol. The van der Waals surface area contributed by atoms with Crippen molar-refractivity contribution in [3.05, 3.63) is 65.7 Å². The Morgan fingerprint density at radius 3 is 2.40 bits per heavy atom. The van der Waals surface area contributed by atoms with Crippen LogP contribution < -0.4 is 0 Å². The Kier molecular flexibility index (Phi) is 3.18. The van der Waals surface area contributed by atoms with E-state index in [9.17, 15) is 9.90 Å². The van der Waals surface area contributed by atoms with Crippen molar-refractivity contribution in [2.75, 3.05) is 6.54 Å². The number of rotatable bonds is 2. The number of amides is 1. The van der Waals surface area contributed by atoms with Crippen LogP contribution in [-0.2, 0) is 0 Å². The molecule has 1 saturated heterocycles. The molecule has 1 fully saturated rings. The second-order valence-corrected chi connectivity index (χ2v) is 5.31. The van der Waals surface area contributed by atoms with Gasteiger partial charge in [-0.25, -0.2) is 0 Å². The summed E-state index contributed by atoms with van der Waals surface area (Å²) in [7, 11) is 0. The molecule has 3 nitrogen and oxygen atoms in total. The van der Waals surface area contributed by atoms with Crippen molar-refractivity contribution >= 4 is 5.91 Å². The van der Waals surface area contributed by atoms with Crippen LogP contribution >= 0.6 is 0 Å². The SMILES string of the molecule is CC1CN(C(=O)c2ccccc2O)C1c1ccccc1. The number of hydrogen-bond acceptors (Lipinski definition) is 2. The molecule has 0 saturated carbocycles. The third kappa shape index (κ3) is 2.05. The van der Waals surface area contributed by atoms with E-state index < -0.39 is 0 Å². The number of phenolic OH excluding ortho intramolecular Hbond substituents is 1. The average molecular weight is 267 g/mol. The van der Waals surface area contributed by atoms with Gasteiger partial charge in [0.2, 0.25) is 0 Å². The maximum atomic E-state index is 12.5. The Morgan fingerprint density at radius 2 is 1.75 bits per heavy atom. The van der Waals surface area contributed by atoms with Crippen molar-refractivity contribution < 1.29 is 9.90 Å². The van der Waals surface area contributed by atoms with Crippen LogP contribution in [0.4, 0.5) is 0 Å². The first-order valence-corrected chi connectivity index (χ1v) is 6.82. The molecule has 2 aromatic carbocycles. The lowest BCUT2D eigenvalue weighted by Gasteiger charge is -2.47. The van der Waals surface area contributed by atoms with Crippen molar-refractivity contribution in [3.63, 3.8) is 0 Å². The van der Waals surface area contributed by atoms with Crippen LogP contribution in [0.2, 0.25) is 0 Å². The van der Waals surface area contributed by atoms with E-state index in [1.165, 1.54) is 0 Å². The fourth-order valence-corrected chi connectivity index (χ4v) is 2.87. The predicted octanol–water partition coefficient (Wildman–Crippen LogP) is 3.23. The van der Waals surface area contributed by atoms with Crippen molar-refractivity contribution in [2.45, 2.75) is 13.0 Å². The molecule has 1 N–H and O–H groups in total. The number of benzene rings is 2. The molecule has 1 aliphatic heterocycles. The Labute approximate surface area is 118 Å². The summed E-state index contributed by atoms with van der Waals surface area (Å²) in [5, 5.41) is 9.82. The Balaban J connectivity index is 1.88. The average Bonchev–Trinajstić information content (AvgIpc) is 2.45. The number of aromatic hydroxyl groups is 1. The minimum Gasteiger partial charge on any atom is -0.507 e. The first-order chi connectivity index (χ1) is 9.68. The highest BCUT2D eigenvalue weighted by molar-refractivity contribution is 5.97. The van der Waals surface area contributed by atoms with E-state index in [1.54, 1.807) is 24.3 Å². The van der Waals surface area contributed by atoms with Gasteiger partial charge in [0, 0.05) is 6.54 Å². The molecule has 1 aliphatic rings. The van der Waals surface area contributed by atoms with Crippen LogP contribution in [-0.4, -0.2) is 22.5 Å². The van der Waals surface area contributed by atoms with Gasteiger partial charge in [-0.05, 0) is 23.6 Å². The summed E-state index contributed by atoms with van der Waals surface area (Å²) < 4.78 is 0. The molecule has 0 aromatic heterocycles. The standard InChI is InChI=1S/C17H17NO2/c1-12-11-18(16(12)13-7-3-2-4-8-13)17(20)14-9-5-6-10-15(14)19/h2-10,12,16,19H,11H2,1H3. The second-order valence-electron chi connectivity index (χ2n) is 5.31. The maximum absolute atomic E-state index is 12.5. The molecule has 0 spiro atoms. The zero-order valence-electron chi connectivity index (χ0n) is 11.4. The Morgan fingerprint density at radius 1 is 1.10 bits per heavy atom. The molecule has 0 radical (unpaired) electrons. The van der Waals surface area contributed by atoms with Gasteiger partial charge in [-0.3, -0.25) is 4.79 Å². The van der Waals surface area contributed by atoms with Crippen LogP contribution in [0.5, 0.6) is 5.75 Å². The number of likely N-dealkylation sites (tertiary alicyclic amines) is 1. The van der Waals surface area contributed by atoms with Crippen LogP contribution in [0.3, 0.4) is 0 Å². The Hall–Kier alpha value is -2.29. The van der Waals surface area contributed by atoms with E-state index in [4.69, 9.17) is 0 Å². The summed E-state index contributed by atoms with van der Waals surface area (Å²) in [5.74, 6) is 0.381. The van der Waals surface area contributed by atoms with Gasteiger partial charge in [0.15, 0.2) is 0 Å². The number of carbonyl (C=O) groups is 1. The molecule has 0 bridgehead atoms. The highest BCUT2D eigenvalue weighted by Gasteiger charge is 2.40. The fourth-order valence-electron chi connectivity index (χ4n) is 2.87. The quantitative estimate of drug-likeness (QED) is 0.907. The summed E-state index contributed by atoms with van der Waals surface area (Å²) in [6.07, 6.45) is 0. The molecular weight excluding hydrogens is 250 g/mol. The normalized spacial score (nSPS) is 21.4. The van der Waals surface area contributed by atoms with Crippen molar-refractivity contribution in [2.24, 2.45) is 5.92 Å². The van der Waals surface area contributed by atoms with Gasteiger partial charge in [0.25, 0.3) is 5.91 Å². The van der Waals surface area contributed by atoms with E-state index in [2.05, 4.69) is 6.92 Å². The van der Waals surface area contributed by atoms with Gasteiger partial charge in [0.05, 0.1) is 11.6 Å². The van der Waals surface area contributed by atoms with Crippen molar-refractivity contribution in [1.82, 2.24) is 4.90 Å². The number of hydrogen-bond donors (Lipinski definition) is 1. The van der Waals surface area contributed by atoms with E-state index in [0.717, 1.165) is 12.1 Å². The lowest BCUT2D eigenvalue weighted by Crippen LogP contribution is -2.51. The highest BCUT2D eigenvalue weighted by Crippen LogP contribution is 2.40. The Bertz CT molecular complexity index is 624. The minimum atomic E-state index is -0.102. The third-order valence-corrected chi connectivity index (χ3v) is 3.90. The summed E-state index contributed by atoms with van der Waals surface area (Å²) in [6, 6.07) is 16.9. The molecule has 20 heavy (non-hydrogen) atoms. The molecule has 3 rings (SSSR count). The van der Waals surface area contributed by atoms with Gasteiger partial charge in [-0.15, -0.1) is 0 Å². The van der Waals surface area contributed by atoms with Crippen LogP contribution in [0.1, 0.15) is 28.9 Å². The molecule has 1 amide bonds. The van der Waals surface area contributed by atoms with Crippen LogP contribution in [0.15, 0.2) is 54.6 Å². The summed E-state index contributed by atoms with van der Waals surface area (Å²) in [6.45, 7) is 2.87. The predicted molar refractivity (Wildman–Crippen MR) is 77.5 cm³/mol. The summed E-state index contributed by atoms with van der Waals surface area (Å²) >= 11 is 0. The molecule has 3 heteroatoms. The minimum absolute atomic E-state index is 0.0452. The summed E-state index contributed by atoms with van der Waals surface area (Å²) in [5.41, 5.74) is 1.52. The fraction of sp³-hybridized carbons (Fsp3) is 0.235. The van der Waals surface area contributed by atoms with Gasteiger partial charge in [0.1, 0.15) is 5.75 Å². The topological polar surface area (TPSA) is 40.5 Å². The number of nitrogens with zero attached hydrogens (tertiary/aromatic N) is 1. The summed E-state index contributed by atoms with van der Waals surface area (Å²) in [4.78, 5) is 14.4. The number of carbonyl (C=O) groups excluding carboxylic acids is 1. The first kappa shape index (κ1) is 12.7. The zero-order chi connectivity index (χ0) is 14.1. The lowest BCUT2D eigenvalue weighted by molar-refractivity contribution is 0.0195. The zero-order valence-corrected chi connectivity index (χ0v) is 11.4. The maximum Gasteiger partial charge on any atom is 0.258 e. The van der Waals surface area contributed by atoms with Crippen molar-refractivity contribution in [1.29, 1.82) is 0 Å². The van der Waals surface area contributed by atoms with Gasteiger partial charge in [-0.1, -0.05) is 49.4 Å². The van der Waals surface area contributed by atoms with Crippen molar-refractivity contribution in [3.8, 4) is 5.75 Å². The van der Waals surface area contributed by atoms with E-state index in [-0.39, 0.29) is 17.7 Å². The largest absolute Gasteiger partial charge is 0.507 e. The molecule has 1 heterocycles. The molecule has 2 aromatic rings. The highest BCUT2D eigenvalue weighted by atomic mass is 16.3. The van der Waals surface area contributed by atoms with E-state index >= 15 is 0 Å². The van der Waals surface area contributed by atoms with Gasteiger partial charge >= 0.3 is 0 Å². The van der Waals surface area contributed by atoms with Crippen LogP contribution in [0.25, 0.3) is 0 Å². The molecule has 102 valence electrons. The van der Waals surface area contributed by atoms with Gasteiger partial charge in [-0.2, -0.15) is 0 Å². The van der Waals surface area contributed by atoms with E-state index in [1.807, 2.05) is 35.2 Å². The molecular formula is C17H17NO2. The van der Waals surface area contributed by atoms with Crippen LogP contribution in [0, 0.1) is 5.92 Å². The van der Waals surface area contributed by atoms with Gasteiger partial charge < -0.3 is 10.0 Å². The third-order valence-electron chi connectivity index (χ3n) is 3.90. The molecule has 0 aliphatic carbocycles. The smallest absolute Gasteiger partial charge is 0.258 e.